The van der Waals surface area contributed by atoms with E-state index in [1.165, 1.54) is 0 Å². The highest BCUT2D eigenvalue weighted by Crippen LogP contribution is 2.54. The average Bonchev–Trinajstić information content (AvgIpc) is 2.36. The minimum atomic E-state index is -5.62. The van der Waals surface area contributed by atoms with Gasteiger partial charge in [0.05, 0.1) is 0 Å². The molecule has 0 bridgehead atoms. The van der Waals surface area contributed by atoms with Gasteiger partial charge in [0, 0.05) is 0 Å². The van der Waals surface area contributed by atoms with E-state index in [0.717, 1.165) is 0 Å². The molecule has 0 N–H and O–H groups in total. The summed E-state index contributed by atoms with van der Waals surface area (Å²) in [6.07, 6.45) is -25.5. The quantitative estimate of drug-likeness (QED) is 0.243. The Bertz CT molecular complexity index is 446. The van der Waals surface area contributed by atoms with Gasteiger partial charge < -0.3 is 0 Å². The lowest BCUT2D eigenvalue weighted by Crippen LogP contribution is -2.47. The molecule has 156 valence electrons. The second-order valence-corrected chi connectivity index (χ2v) is 6.22. The standard InChI is InChI=1S/C14H16F12/c1-9(11(15,16)17,12(18,19)20)7-5-3-4-6-8-10(2,13(21,22)23)14(24,25)26/h3,5H,4,6-8H2,1-2H3/b5-3+. The van der Waals surface area contributed by atoms with E-state index in [-0.39, 0.29) is 13.8 Å². The van der Waals surface area contributed by atoms with Crippen molar-refractivity contribution in [2.45, 2.75) is 64.2 Å². The van der Waals surface area contributed by atoms with Crippen LogP contribution in [0.1, 0.15) is 39.5 Å². The molecular weight excluding hydrogens is 396 g/mol. The zero-order chi connectivity index (χ0) is 21.2. The van der Waals surface area contributed by atoms with Gasteiger partial charge in [-0.1, -0.05) is 12.2 Å². The van der Waals surface area contributed by atoms with E-state index in [2.05, 4.69) is 0 Å². The molecule has 0 aromatic rings. The fraction of sp³-hybridized carbons (Fsp3) is 0.857. The molecule has 0 aliphatic rings. The van der Waals surface area contributed by atoms with Gasteiger partial charge in [-0.3, -0.25) is 0 Å². The molecule has 0 aromatic carbocycles. The van der Waals surface area contributed by atoms with Crippen molar-refractivity contribution in [3.8, 4) is 0 Å². The summed E-state index contributed by atoms with van der Waals surface area (Å²) in [5.74, 6) is 0. The van der Waals surface area contributed by atoms with Crippen molar-refractivity contribution in [2.75, 3.05) is 0 Å². The summed E-state index contributed by atoms with van der Waals surface area (Å²) in [7, 11) is 0. The van der Waals surface area contributed by atoms with Crippen molar-refractivity contribution in [1.29, 1.82) is 0 Å². The maximum Gasteiger partial charge on any atom is 0.403 e. The summed E-state index contributed by atoms with van der Waals surface area (Å²) >= 11 is 0. The fourth-order valence-corrected chi connectivity index (χ4v) is 1.85. The third-order valence-corrected chi connectivity index (χ3v) is 4.24. The summed E-state index contributed by atoms with van der Waals surface area (Å²) in [6, 6.07) is 0. The van der Waals surface area contributed by atoms with Crippen molar-refractivity contribution in [2.24, 2.45) is 10.8 Å². The fourth-order valence-electron chi connectivity index (χ4n) is 1.85. The van der Waals surface area contributed by atoms with Gasteiger partial charge in [0.15, 0.2) is 10.8 Å². The van der Waals surface area contributed by atoms with Gasteiger partial charge in [0.2, 0.25) is 0 Å². The molecule has 0 aliphatic carbocycles. The Balaban J connectivity index is 4.94. The third kappa shape index (κ3) is 5.21. The molecule has 0 radical (unpaired) electrons. The topological polar surface area (TPSA) is 0 Å². The first kappa shape index (κ1) is 24.9. The van der Waals surface area contributed by atoms with Crippen LogP contribution in [0.15, 0.2) is 12.2 Å². The van der Waals surface area contributed by atoms with Gasteiger partial charge in [0.25, 0.3) is 0 Å². The predicted molar refractivity (Wildman–Crippen MR) is 68.0 cm³/mol. The first-order valence-corrected chi connectivity index (χ1v) is 7.12. The molecule has 0 nitrogen and oxygen atoms in total. The van der Waals surface area contributed by atoms with Crippen LogP contribution in [0.2, 0.25) is 0 Å². The van der Waals surface area contributed by atoms with E-state index >= 15 is 0 Å². The Hall–Kier alpha value is -1.10. The van der Waals surface area contributed by atoms with Crippen LogP contribution in [0.5, 0.6) is 0 Å². The molecule has 0 aliphatic heterocycles. The summed E-state index contributed by atoms with van der Waals surface area (Å²) in [5, 5.41) is 0. The largest absolute Gasteiger partial charge is 0.403 e. The van der Waals surface area contributed by atoms with E-state index in [4.69, 9.17) is 0 Å². The van der Waals surface area contributed by atoms with Crippen molar-refractivity contribution < 1.29 is 52.7 Å². The number of hydrogen-bond donors (Lipinski definition) is 0. The van der Waals surface area contributed by atoms with Crippen LogP contribution in [0.25, 0.3) is 0 Å². The molecule has 0 rings (SSSR count). The molecule has 0 heterocycles. The molecule has 0 fully saturated rings. The first-order chi connectivity index (χ1) is 11.2. The molecule has 0 unspecified atom stereocenters. The van der Waals surface area contributed by atoms with Crippen LogP contribution in [0.4, 0.5) is 52.7 Å². The molecule has 0 amide bonds. The maximum atomic E-state index is 12.6. The van der Waals surface area contributed by atoms with Crippen LogP contribution >= 0.6 is 0 Å². The van der Waals surface area contributed by atoms with Crippen molar-refractivity contribution in [1.82, 2.24) is 0 Å². The van der Waals surface area contributed by atoms with E-state index in [1.54, 1.807) is 0 Å². The summed E-state index contributed by atoms with van der Waals surface area (Å²) in [5.41, 5.74) is -8.08. The van der Waals surface area contributed by atoms with Gasteiger partial charge >= 0.3 is 24.7 Å². The number of rotatable bonds is 6. The number of unbranched alkanes of at least 4 members (excludes halogenated alkanes) is 1. The second-order valence-electron chi connectivity index (χ2n) is 6.22. The van der Waals surface area contributed by atoms with E-state index in [0.29, 0.717) is 12.2 Å². The molecule has 0 saturated carbocycles. The molecule has 26 heavy (non-hydrogen) atoms. The van der Waals surface area contributed by atoms with Gasteiger partial charge in [-0.25, -0.2) is 0 Å². The van der Waals surface area contributed by atoms with Gasteiger partial charge in [0.1, 0.15) is 0 Å². The predicted octanol–water partition coefficient (Wildman–Crippen LogP) is 7.36. The number of allylic oxidation sites excluding steroid dienone is 2. The summed E-state index contributed by atoms with van der Waals surface area (Å²) in [4.78, 5) is 0. The average molecular weight is 412 g/mol. The monoisotopic (exact) mass is 412 g/mol. The molecule has 0 saturated heterocycles. The highest BCUT2D eigenvalue weighted by atomic mass is 19.4. The van der Waals surface area contributed by atoms with Crippen LogP contribution in [-0.4, -0.2) is 24.7 Å². The summed E-state index contributed by atoms with van der Waals surface area (Å²) < 4.78 is 151. The highest BCUT2D eigenvalue weighted by Gasteiger charge is 2.67. The van der Waals surface area contributed by atoms with Crippen LogP contribution in [0.3, 0.4) is 0 Å². The Morgan fingerprint density at radius 3 is 1.19 bits per heavy atom. The highest BCUT2D eigenvalue weighted by molar-refractivity contribution is 4.97. The number of hydrogen-bond acceptors (Lipinski definition) is 0. The normalized spacial score (nSPS) is 15.8. The molecule has 0 spiro atoms. The lowest BCUT2D eigenvalue weighted by Gasteiger charge is -2.34. The molecule has 0 atom stereocenters. The Morgan fingerprint density at radius 2 is 0.885 bits per heavy atom. The molecular formula is C14H16F12. The van der Waals surface area contributed by atoms with Crippen LogP contribution in [0, 0.1) is 10.8 Å². The van der Waals surface area contributed by atoms with E-state index in [9.17, 15) is 52.7 Å². The van der Waals surface area contributed by atoms with E-state index in [1.807, 2.05) is 0 Å². The van der Waals surface area contributed by atoms with E-state index < -0.39 is 61.2 Å². The van der Waals surface area contributed by atoms with Crippen molar-refractivity contribution >= 4 is 0 Å². The Kier molecular flexibility index (Phi) is 7.18. The van der Waals surface area contributed by atoms with Gasteiger partial charge in [-0.05, 0) is 39.5 Å². The van der Waals surface area contributed by atoms with Crippen molar-refractivity contribution in [3.63, 3.8) is 0 Å². The number of halogens is 12. The van der Waals surface area contributed by atoms with Crippen molar-refractivity contribution in [3.05, 3.63) is 12.2 Å². The summed E-state index contributed by atoms with van der Waals surface area (Å²) in [6.45, 7) is -0.136. The lowest BCUT2D eigenvalue weighted by atomic mass is 9.83. The minimum Gasteiger partial charge on any atom is -0.170 e. The zero-order valence-corrected chi connectivity index (χ0v) is 13.5. The zero-order valence-electron chi connectivity index (χ0n) is 13.5. The molecule has 0 aromatic heterocycles. The maximum absolute atomic E-state index is 12.6. The van der Waals surface area contributed by atoms with Gasteiger partial charge in [-0.15, -0.1) is 0 Å². The smallest absolute Gasteiger partial charge is 0.170 e. The van der Waals surface area contributed by atoms with Crippen LogP contribution in [-0.2, 0) is 0 Å². The number of alkyl halides is 12. The Morgan fingerprint density at radius 1 is 0.538 bits per heavy atom. The SMILES string of the molecule is CC(C/C=C/CCCC(C)(C(F)(F)F)C(F)(F)F)(C(F)(F)F)C(F)(F)F. The first-order valence-electron chi connectivity index (χ1n) is 7.12. The van der Waals surface area contributed by atoms with Crippen LogP contribution < -0.4 is 0 Å². The molecule has 12 heteroatoms. The van der Waals surface area contributed by atoms with Gasteiger partial charge in [-0.2, -0.15) is 52.7 Å². The Labute approximate surface area is 141 Å². The third-order valence-electron chi connectivity index (χ3n) is 4.24. The lowest BCUT2D eigenvalue weighted by molar-refractivity contribution is -0.337. The minimum absolute atomic E-state index is 0.0545. The second kappa shape index (κ2) is 7.49.